The maximum absolute atomic E-state index is 11.7. The van der Waals surface area contributed by atoms with E-state index in [1.165, 1.54) is 50.5 Å². The summed E-state index contributed by atoms with van der Waals surface area (Å²) < 4.78 is 4.91. The Morgan fingerprint density at radius 1 is 0.867 bits per heavy atom. The van der Waals surface area contributed by atoms with Gasteiger partial charge in [-0.25, -0.2) is 0 Å². The first kappa shape index (κ1) is 29.1. The SMILES string of the molecule is CC(=CCC(=O)OCC(O)C(O)CO)CCCC(C)CCCC(C)CCCC(C)C. The minimum atomic E-state index is -1.29. The van der Waals surface area contributed by atoms with Crippen LogP contribution in [0.3, 0.4) is 0 Å². The maximum Gasteiger partial charge on any atom is 0.309 e. The highest BCUT2D eigenvalue weighted by Gasteiger charge is 2.16. The van der Waals surface area contributed by atoms with E-state index in [-0.39, 0.29) is 13.0 Å². The van der Waals surface area contributed by atoms with Crippen molar-refractivity contribution >= 4 is 5.97 Å². The summed E-state index contributed by atoms with van der Waals surface area (Å²) in [6.45, 7) is 10.5. The van der Waals surface area contributed by atoms with Gasteiger partial charge >= 0.3 is 5.97 Å². The zero-order valence-electron chi connectivity index (χ0n) is 20.1. The molecular formula is C25H48O5. The molecule has 4 unspecified atom stereocenters. The quantitative estimate of drug-likeness (QED) is 0.211. The van der Waals surface area contributed by atoms with Gasteiger partial charge in [0.25, 0.3) is 0 Å². The van der Waals surface area contributed by atoms with Crippen molar-refractivity contribution in [2.45, 2.75) is 111 Å². The lowest BCUT2D eigenvalue weighted by atomic mass is 9.91. The molecular weight excluding hydrogens is 380 g/mol. The molecule has 0 fully saturated rings. The number of aliphatic hydroxyl groups excluding tert-OH is 3. The minimum Gasteiger partial charge on any atom is -0.463 e. The normalized spacial score (nSPS) is 16.4. The number of esters is 1. The summed E-state index contributed by atoms with van der Waals surface area (Å²) in [4.78, 5) is 11.7. The summed E-state index contributed by atoms with van der Waals surface area (Å²) in [7, 11) is 0. The molecule has 5 nitrogen and oxygen atoms in total. The van der Waals surface area contributed by atoms with Crippen molar-refractivity contribution < 1.29 is 24.9 Å². The van der Waals surface area contributed by atoms with Gasteiger partial charge in [0.1, 0.15) is 18.8 Å². The van der Waals surface area contributed by atoms with Gasteiger partial charge in [-0.1, -0.05) is 84.3 Å². The first-order chi connectivity index (χ1) is 14.1. The lowest BCUT2D eigenvalue weighted by Gasteiger charge is -2.15. The van der Waals surface area contributed by atoms with Gasteiger partial charge in [-0.2, -0.15) is 0 Å². The Labute approximate surface area is 184 Å². The number of aliphatic hydroxyl groups is 3. The van der Waals surface area contributed by atoms with E-state index >= 15 is 0 Å². The Morgan fingerprint density at radius 2 is 1.40 bits per heavy atom. The summed E-state index contributed by atoms with van der Waals surface area (Å²) in [6.07, 6.45) is 10.8. The molecule has 5 heteroatoms. The third kappa shape index (κ3) is 16.8. The van der Waals surface area contributed by atoms with Crippen LogP contribution < -0.4 is 0 Å². The van der Waals surface area contributed by atoms with Gasteiger partial charge in [0, 0.05) is 0 Å². The number of carbonyl (C=O) groups excluding carboxylic acids is 1. The monoisotopic (exact) mass is 428 g/mol. The molecule has 0 amide bonds. The van der Waals surface area contributed by atoms with Crippen LogP contribution in [0.1, 0.15) is 98.8 Å². The number of ether oxygens (including phenoxy) is 1. The standard InChI is InChI=1S/C25H48O5/c1-19(2)9-6-10-20(3)11-7-12-21(4)13-8-14-22(5)15-16-25(29)30-18-24(28)23(27)17-26/h15,19-21,23-24,26-28H,6-14,16-18H2,1-5H3. The third-order valence-corrected chi connectivity index (χ3v) is 5.80. The predicted molar refractivity (Wildman–Crippen MR) is 123 cm³/mol. The van der Waals surface area contributed by atoms with E-state index < -0.39 is 24.8 Å². The average molecular weight is 429 g/mol. The second-order valence-electron chi connectivity index (χ2n) is 9.61. The number of carbonyl (C=O) groups is 1. The molecule has 0 bridgehead atoms. The summed E-state index contributed by atoms with van der Waals surface area (Å²) in [5, 5.41) is 27.4. The average Bonchev–Trinajstić information content (AvgIpc) is 2.69. The van der Waals surface area contributed by atoms with Crippen LogP contribution in [0.5, 0.6) is 0 Å². The van der Waals surface area contributed by atoms with Crippen molar-refractivity contribution in [3.8, 4) is 0 Å². The maximum atomic E-state index is 11.7. The first-order valence-corrected chi connectivity index (χ1v) is 11.9. The van der Waals surface area contributed by atoms with E-state index in [9.17, 15) is 15.0 Å². The fraction of sp³-hybridized carbons (Fsp3) is 0.880. The van der Waals surface area contributed by atoms with E-state index in [0.29, 0.717) is 0 Å². The second kappa shape index (κ2) is 17.7. The van der Waals surface area contributed by atoms with Crippen LogP contribution in [0, 0.1) is 17.8 Å². The van der Waals surface area contributed by atoms with Crippen molar-refractivity contribution in [1.82, 2.24) is 0 Å². The topological polar surface area (TPSA) is 87.0 Å². The van der Waals surface area contributed by atoms with E-state index in [2.05, 4.69) is 27.7 Å². The first-order valence-electron chi connectivity index (χ1n) is 11.9. The number of allylic oxidation sites excluding steroid dienone is 1. The van der Waals surface area contributed by atoms with Crippen molar-refractivity contribution in [2.24, 2.45) is 17.8 Å². The molecule has 0 radical (unpaired) electrons. The molecule has 3 N–H and O–H groups in total. The van der Waals surface area contributed by atoms with Crippen LogP contribution >= 0.6 is 0 Å². The molecule has 0 heterocycles. The van der Waals surface area contributed by atoms with Gasteiger partial charge in [0.05, 0.1) is 13.0 Å². The molecule has 4 atom stereocenters. The van der Waals surface area contributed by atoms with Gasteiger partial charge < -0.3 is 20.1 Å². The highest BCUT2D eigenvalue weighted by Crippen LogP contribution is 2.22. The van der Waals surface area contributed by atoms with Gasteiger partial charge in [0.15, 0.2) is 0 Å². The van der Waals surface area contributed by atoms with Gasteiger partial charge in [-0.15, -0.1) is 0 Å². The van der Waals surface area contributed by atoms with E-state index in [1.54, 1.807) is 0 Å². The van der Waals surface area contributed by atoms with E-state index in [1.807, 2.05) is 13.0 Å². The summed E-state index contributed by atoms with van der Waals surface area (Å²) in [5.74, 6) is 1.97. The molecule has 0 aromatic heterocycles. The van der Waals surface area contributed by atoms with Crippen molar-refractivity contribution in [2.75, 3.05) is 13.2 Å². The fourth-order valence-electron chi connectivity index (χ4n) is 3.54. The number of hydrogen-bond donors (Lipinski definition) is 3. The Balaban J connectivity index is 3.83. The van der Waals surface area contributed by atoms with E-state index in [0.717, 1.165) is 30.6 Å². The molecule has 178 valence electrons. The second-order valence-corrected chi connectivity index (χ2v) is 9.61. The van der Waals surface area contributed by atoms with Gasteiger partial charge in [-0.3, -0.25) is 4.79 Å². The third-order valence-electron chi connectivity index (χ3n) is 5.80. The van der Waals surface area contributed by atoms with Crippen molar-refractivity contribution in [3.05, 3.63) is 11.6 Å². The molecule has 0 aliphatic rings. The molecule has 0 aromatic carbocycles. The summed E-state index contributed by atoms with van der Waals surface area (Å²) >= 11 is 0. The lowest BCUT2D eigenvalue weighted by Crippen LogP contribution is -2.34. The van der Waals surface area contributed by atoms with Crippen LogP contribution in [0.2, 0.25) is 0 Å². The Bertz CT molecular complexity index is 460. The van der Waals surface area contributed by atoms with Crippen LogP contribution in [-0.2, 0) is 9.53 Å². The smallest absolute Gasteiger partial charge is 0.309 e. The van der Waals surface area contributed by atoms with Crippen molar-refractivity contribution in [1.29, 1.82) is 0 Å². The Hall–Kier alpha value is -0.910. The molecule has 0 aliphatic heterocycles. The van der Waals surface area contributed by atoms with E-state index in [4.69, 9.17) is 9.84 Å². The Morgan fingerprint density at radius 3 is 1.93 bits per heavy atom. The molecule has 30 heavy (non-hydrogen) atoms. The highest BCUT2D eigenvalue weighted by atomic mass is 16.5. The van der Waals surface area contributed by atoms with Gasteiger partial charge in [0.2, 0.25) is 0 Å². The largest absolute Gasteiger partial charge is 0.463 e. The van der Waals surface area contributed by atoms with Crippen LogP contribution in [0.25, 0.3) is 0 Å². The zero-order chi connectivity index (χ0) is 22.9. The van der Waals surface area contributed by atoms with Crippen LogP contribution in [-0.4, -0.2) is 46.7 Å². The lowest BCUT2D eigenvalue weighted by molar-refractivity contribution is -0.148. The number of hydrogen-bond acceptors (Lipinski definition) is 5. The molecule has 0 rings (SSSR count). The van der Waals surface area contributed by atoms with Crippen LogP contribution in [0.15, 0.2) is 11.6 Å². The fourth-order valence-corrected chi connectivity index (χ4v) is 3.54. The molecule has 0 spiro atoms. The van der Waals surface area contributed by atoms with Crippen LogP contribution in [0.4, 0.5) is 0 Å². The summed E-state index contributed by atoms with van der Waals surface area (Å²) in [5.41, 5.74) is 1.17. The molecule has 0 saturated carbocycles. The molecule has 0 saturated heterocycles. The molecule has 0 aromatic rings. The number of rotatable bonds is 18. The summed E-state index contributed by atoms with van der Waals surface area (Å²) in [6, 6.07) is 0. The Kier molecular flexibility index (Phi) is 17.2. The van der Waals surface area contributed by atoms with Crippen molar-refractivity contribution in [3.63, 3.8) is 0 Å². The predicted octanol–water partition coefficient (Wildman–Crippen LogP) is 5.02. The zero-order valence-corrected chi connectivity index (χ0v) is 20.1. The highest BCUT2D eigenvalue weighted by molar-refractivity contribution is 5.71. The molecule has 0 aliphatic carbocycles. The van der Waals surface area contributed by atoms with Gasteiger partial charge in [-0.05, 0) is 37.5 Å². The minimum absolute atomic E-state index is 0.165.